The molecule has 0 saturated heterocycles. The Morgan fingerprint density at radius 3 is 2.31 bits per heavy atom. The Bertz CT molecular complexity index is 624. The van der Waals surface area contributed by atoms with Crippen molar-refractivity contribution in [3.05, 3.63) is 27.2 Å². The van der Waals surface area contributed by atoms with Gasteiger partial charge in [-0.2, -0.15) is 0 Å². The van der Waals surface area contributed by atoms with Gasteiger partial charge in [-0.1, -0.05) is 0 Å². The molecule has 2 aromatic rings. The summed E-state index contributed by atoms with van der Waals surface area (Å²) in [5.41, 5.74) is 0.180. The Morgan fingerprint density at radius 2 is 1.75 bits per heavy atom. The molecule has 8 heteroatoms. The lowest BCUT2D eigenvalue weighted by Gasteiger charge is -2.02. The van der Waals surface area contributed by atoms with Gasteiger partial charge in [-0.15, -0.1) is 0 Å². The van der Waals surface area contributed by atoms with E-state index in [2.05, 4.69) is 4.98 Å². The standard InChI is InChI=1S/C8H10N4O2.H4OSi/c1-10-4-9-6-5(10)7(13)12(3)8(14)11(6)2;1-2/h4H,1-3H3;1H,2H3. The molecule has 0 saturated carbocycles. The van der Waals surface area contributed by atoms with Crippen LogP contribution in [0.3, 0.4) is 0 Å². The first-order valence-electron chi connectivity index (χ1n) is 4.56. The SMILES string of the molecule is Cn1c(=O)c2c(ncn2C)n(C)c1=O.O[SiH3]. The Balaban J connectivity index is 0.000000606. The van der Waals surface area contributed by atoms with E-state index < -0.39 is 0 Å². The summed E-state index contributed by atoms with van der Waals surface area (Å²) in [7, 11) is 5.08. The minimum absolute atomic E-state index is 0.306. The zero-order chi connectivity index (χ0) is 12.5. The van der Waals surface area contributed by atoms with Crippen LogP contribution in [-0.2, 0) is 21.1 Å². The van der Waals surface area contributed by atoms with Crippen molar-refractivity contribution in [1.29, 1.82) is 0 Å². The largest absolute Gasteiger partial charge is 0.442 e. The lowest BCUT2D eigenvalue weighted by molar-refractivity contribution is 0.629. The van der Waals surface area contributed by atoms with Gasteiger partial charge in [0.15, 0.2) is 11.2 Å². The number of aromatic nitrogens is 4. The highest BCUT2D eigenvalue weighted by molar-refractivity contribution is 5.95. The molecule has 1 N–H and O–H groups in total. The first-order chi connectivity index (χ1) is 7.54. The predicted molar refractivity (Wildman–Crippen MR) is 63.4 cm³/mol. The third-order valence-corrected chi connectivity index (χ3v) is 2.32. The van der Waals surface area contributed by atoms with Gasteiger partial charge in [-0.3, -0.25) is 13.9 Å². The van der Waals surface area contributed by atoms with Crippen LogP contribution in [-0.4, -0.2) is 34.0 Å². The van der Waals surface area contributed by atoms with Gasteiger partial charge in [-0.25, -0.2) is 9.78 Å². The second kappa shape index (κ2) is 4.45. The molecule has 0 atom stereocenters. The van der Waals surface area contributed by atoms with E-state index in [1.807, 2.05) is 0 Å². The number of nitrogens with zero attached hydrogens (tertiary/aromatic N) is 4. The summed E-state index contributed by atoms with van der Waals surface area (Å²) in [6.45, 7) is 0. The second-order valence-electron chi connectivity index (χ2n) is 3.23. The number of imidazole rings is 1. The van der Waals surface area contributed by atoms with Crippen molar-refractivity contribution < 1.29 is 4.80 Å². The molecule has 0 spiro atoms. The van der Waals surface area contributed by atoms with Crippen molar-refractivity contribution in [3.8, 4) is 0 Å². The Hall–Kier alpha value is -1.67. The average molecular weight is 242 g/mol. The quantitative estimate of drug-likeness (QED) is 0.507. The average Bonchev–Trinajstić information content (AvgIpc) is 2.68. The fraction of sp³-hybridized carbons (Fsp3) is 0.375. The molecule has 0 aliphatic heterocycles. The number of aryl methyl sites for hydroxylation is 2. The zero-order valence-electron chi connectivity index (χ0n) is 9.63. The second-order valence-corrected chi connectivity index (χ2v) is 3.23. The molecule has 88 valence electrons. The molecule has 0 unspecified atom stereocenters. The molecule has 0 aliphatic carbocycles. The molecular formula is C8H14N4O3Si. The van der Waals surface area contributed by atoms with Crippen molar-refractivity contribution in [3.63, 3.8) is 0 Å². The van der Waals surface area contributed by atoms with E-state index in [1.54, 1.807) is 18.7 Å². The van der Waals surface area contributed by atoms with Crippen LogP contribution in [0.2, 0.25) is 0 Å². The smallest absolute Gasteiger partial charge is 0.332 e. The van der Waals surface area contributed by atoms with Crippen LogP contribution in [0.15, 0.2) is 15.9 Å². The molecule has 2 aromatic heterocycles. The van der Waals surface area contributed by atoms with Gasteiger partial charge in [0.25, 0.3) is 5.56 Å². The van der Waals surface area contributed by atoms with Gasteiger partial charge in [0.2, 0.25) is 0 Å². The lowest BCUT2D eigenvalue weighted by Crippen LogP contribution is -2.37. The molecule has 0 aromatic carbocycles. The summed E-state index contributed by atoms with van der Waals surface area (Å²) in [5, 5.41) is 0. The van der Waals surface area contributed by atoms with Crippen molar-refractivity contribution in [2.24, 2.45) is 21.1 Å². The van der Waals surface area contributed by atoms with Gasteiger partial charge in [0, 0.05) is 21.1 Å². The van der Waals surface area contributed by atoms with Gasteiger partial charge in [0.1, 0.15) is 10.5 Å². The minimum atomic E-state index is -0.360. The first-order valence-corrected chi connectivity index (χ1v) is 5.45. The van der Waals surface area contributed by atoms with Crippen molar-refractivity contribution >= 4 is 21.6 Å². The minimum Gasteiger partial charge on any atom is -0.442 e. The molecule has 0 fully saturated rings. The van der Waals surface area contributed by atoms with Crippen LogP contribution in [0, 0.1) is 0 Å². The molecular weight excluding hydrogens is 228 g/mol. The fourth-order valence-corrected chi connectivity index (χ4v) is 1.47. The maximum Gasteiger partial charge on any atom is 0.332 e. The summed E-state index contributed by atoms with van der Waals surface area (Å²) in [6, 6.07) is 0. The van der Waals surface area contributed by atoms with E-state index >= 15 is 0 Å². The van der Waals surface area contributed by atoms with Gasteiger partial charge < -0.3 is 9.36 Å². The fourth-order valence-electron chi connectivity index (χ4n) is 1.47. The van der Waals surface area contributed by atoms with Crippen molar-refractivity contribution in [1.82, 2.24) is 18.7 Å². The monoisotopic (exact) mass is 242 g/mol. The Kier molecular flexibility index (Phi) is 3.45. The number of hydrogen-bond acceptors (Lipinski definition) is 4. The first kappa shape index (κ1) is 12.4. The lowest BCUT2D eigenvalue weighted by atomic mass is 10.5. The predicted octanol–water partition coefficient (Wildman–Crippen LogP) is -2.77. The summed E-state index contributed by atoms with van der Waals surface area (Å²) < 4.78 is 4.04. The zero-order valence-corrected chi connectivity index (χ0v) is 11.6. The van der Waals surface area contributed by atoms with Crippen LogP contribution in [0.4, 0.5) is 0 Å². The highest BCUT2D eigenvalue weighted by atomic mass is 28.2. The van der Waals surface area contributed by atoms with Gasteiger partial charge in [-0.05, 0) is 0 Å². The van der Waals surface area contributed by atoms with Crippen LogP contribution < -0.4 is 11.2 Å². The van der Waals surface area contributed by atoms with Gasteiger partial charge >= 0.3 is 5.69 Å². The Morgan fingerprint density at radius 1 is 1.19 bits per heavy atom. The topological polar surface area (TPSA) is 82.0 Å². The number of hydrogen-bond donors (Lipinski definition) is 1. The van der Waals surface area contributed by atoms with Crippen molar-refractivity contribution in [2.75, 3.05) is 0 Å². The van der Waals surface area contributed by atoms with E-state index in [-0.39, 0.29) is 11.2 Å². The third kappa shape index (κ3) is 1.61. The third-order valence-electron chi connectivity index (χ3n) is 2.32. The number of fused-ring (bicyclic) bond motifs is 1. The summed E-state index contributed by atoms with van der Waals surface area (Å²) in [4.78, 5) is 34.3. The molecule has 2 rings (SSSR count). The molecule has 7 nitrogen and oxygen atoms in total. The van der Waals surface area contributed by atoms with Crippen LogP contribution in [0.25, 0.3) is 11.2 Å². The summed E-state index contributed by atoms with van der Waals surface area (Å²) in [6.07, 6.45) is 1.52. The Labute approximate surface area is 94.1 Å². The highest BCUT2D eigenvalue weighted by Crippen LogP contribution is 2.01. The molecule has 0 bridgehead atoms. The highest BCUT2D eigenvalue weighted by Gasteiger charge is 2.11. The molecule has 0 amide bonds. The molecule has 0 aliphatic rings. The normalized spacial score (nSPS) is 10.2. The molecule has 0 radical (unpaired) electrons. The van der Waals surface area contributed by atoms with Crippen molar-refractivity contribution in [2.45, 2.75) is 0 Å². The van der Waals surface area contributed by atoms with E-state index in [9.17, 15) is 9.59 Å². The maximum absolute atomic E-state index is 11.7. The molecule has 16 heavy (non-hydrogen) atoms. The van der Waals surface area contributed by atoms with Crippen LogP contribution >= 0.6 is 0 Å². The summed E-state index contributed by atoms with van der Waals surface area (Å²) in [5.74, 6) is 0. The molecule has 2 heterocycles. The van der Waals surface area contributed by atoms with Crippen LogP contribution in [0.5, 0.6) is 0 Å². The summed E-state index contributed by atoms with van der Waals surface area (Å²) >= 11 is 0. The maximum atomic E-state index is 11.7. The van der Waals surface area contributed by atoms with E-state index in [0.29, 0.717) is 21.6 Å². The van der Waals surface area contributed by atoms with E-state index in [4.69, 9.17) is 4.80 Å². The van der Waals surface area contributed by atoms with Gasteiger partial charge in [0.05, 0.1) is 6.33 Å². The van der Waals surface area contributed by atoms with E-state index in [1.165, 1.54) is 17.9 Å². The number of rotatable bonds is 0. The van der Waals surface area contributed by atoms with E-state index in [0.717, 1.165) is 4.57 Å². The van der Waals surface area contributed by atoms with Crippen LogP contribution in [0.1, 0.15) is 0 Å².